The molecule has 0 bridgehead atoms. The third kappa shape index (κ3) is 8.06. The number of ether oxygens (including phenoxy) is 2. The van der Waals surface area contributed by atoms with Crippen LogP contribution in [-0.4, -0.2) is 25.8 Å². The molecule has 41 heavy (non-hydrogen) atoms. The summed E-state index contributed by atoms with van der Waals surface area (Å²) in [5.41, 5.74) is 12.0. The van der Waals surface area contributed by atoms with E-state index in [0.29, 0.717) is 24.5 Å². The van der Waals surface area contributed by atoms with E-state index in [1.54, 1.807) is 27.0 Å². The molecule has 0 atom stereocenters. The Morgan fingerprint density at radius 1 is 0.927 bits per heavy atom. The van der Waals surface area contributed by atoms with Gasteiger partial charge in [0, 0.05) is 29.6 Å². The molecule has 4 rings (SSSR count). The molecule has 0 saturated heterocycles. The van der Waals surface area contributed by atoms with Gasteiger partial charge in [0.2, 0.25) is 0 Å². The van der Waals surface area contributed by atoms with Gasteiger partial charge in [0.15, 0.2) is 0 Å². The van der Waals surface area contributed by atoms with Crippen molar-refractivity contribution in [2.45, 2.75) is 46.9 Å². The molecule has 0 aliphatic carbocycles. The summed E-state index contributed by atoms with van der Waals surface area (Å²) in [6.45, 7) is 6.97. The summed E-state index contributed by atoms with van der Waals surface area (Å²) in [4.78, 5) is 12.3. The van der Waals surface area contributed by atoms with Crippen LogP contribution in [0.5, 0.6) is 5.75 Å². The van der Waals surface area contributed by atoms with Crippen molar-refractivity contribution in [1.29, 1.82) is 0 Å². The number of nitrogens with one attached hydrogen (secondary N) is 1. The van der Waals surface area contributed by atoms with Crippen molar-refractivity contribution in [3.8, 4) is 16.9 Å². The molecule has 218 valence electrons. The Morgan fingerprint density at radius 2 is 1.73 bits per heavy atom. The van der Waals surface area contributed by atoms with E-state index >= 15 is 0 Å². The van der Waals surface area contributed by atoms with Crippen LogP contribution in [0.2, 0.25) is 0 Å². The lowest BCUT2D eigenvalue weighted by Gasteiger charge is -2.18. The zero-order valence-electron chi connectivity index (χ0n) is 23.7. The highest BCUT2D eigenvalue weighted by Crippen LogP contribution is 2.43. The monoisotopic (exact) mass is 580 g/mol. The number of rotatable bonds is 15. The SMILES string of the molecule is CCOC(=O)Cc1ccc(CNP(=O)(OCC)OCC)cc1OCc1cc(-c2cccc(CN)c2)c2occc2c1. The van der Waals surface area contributed by atoms with E-state index in [1.165, 1.54) is 0 Å². The van der Waals surface area contributed by atoms with Gasteiger partial charge in [0.1, 0.15) is 17.9 Å². The lowest BCUT2D eigenvalue weighted by atomic mass is 9.99. The average Bonchev–Trinajstić information content (AvgIpc) is 3.45. The van der Waals surface area contributed by atoms with Gasteiger partial charge in [-0.05, 0) is 73.4 Å². The molecule has 9 nitrogen and oxygen atoms in total. The van der Waals surface area contributed by atoms with Crippen LogP contribution in [-0.2, 0) is 49.3 Å². The summed E-state index contributed by atoms with van der Waals surface area (Å²) in [5, 5.41) is 3.84. The van der Waals surface area contributed by atoms with Gasteiger partial charge < -0.3 is 19.6 Å². The third-order valence-corrected chi connectivity index (χ3v) is 8.07. The number of carbonyl (C=O) groups excluding carboxylic acids is 1. The average molecular weight is 581 g/mol. The molecule has 0 spiro atoms. The first-order chi connectivity index (χ1) is 19.9. The number of benzene rings is 3. The first-order valence-electron chi connectivity index (χ1n) is 13.7. The number of hydrogen-bond donors (Lipinski definition) is 2. The first-order valence-corrected chi connectivity index (χ1v) is 15.3. The number of fused-ring (bicyclic) bond motifs is 1. The minimum atomic E-state index is -3.45. The minimum absolute atomic E-state index is 0.0607. The summed E-state index contributed by atoms with van der Waals surface area (Å²) in [7, 11) is -3.45. The van der Waals surface area contributed by atoms with E-state index in [0.717, 1.165) is 38.8 Å². The van der Waals surface area contributed by atoms with Crippen LogP contribution in [0.15, 0.2) is 71.3 Å². The standard InChI is InChI=1S/C31H37N2O7P/c1-4-36-30(34)18-26-11-10-23(20-33-41(35,39-5-2)40-6-3)17-29(26)38-21-24-15-27-12-13-37-31(27)28(16-24)25-9-7-8-22(14-25)19-32/h7-17H,4-6,18-21,32H2,1-3H3,(H,33,35). The van der Waals surface area contributed by atoms with Crippen molar-refractivity contribution < 1.29 is 32.3 Å². The summed E-state index contributed by atoms with van der Waals surface area (Å²) in [6, 6.07) is 19.5. The van der Waals surface area contributed by atoms with Crippen LogP contribution in [0, 0.1) is 0 Å². The number of furan rings is 1. The van der Waals surface area contributed by atoms with E-state index in [1.807, 2.05) is 54.6 Å². The first kappa shape index (κ1) is 30.5. The maximum absolute atomic E-state index is 12.9. The fourth-order valence-electron chi connectivity index (χ4n) is 4.48. The molecule has 1 aromatic heterocycles. The molecule has 3 aromatic carbocycles. The number of carbonyl (C=O) groups is 1. The van der Waals surface area contributed by atoms with Crippen molar-refractivity contribution in [3.63, 3.8) is 0 Å². The maximum Gasteiger partial charge on any atom is 0.405 e. The van der Waals surface area contributed by atoms with E-state index in [4.69, 9.17) is 28.7 Å². The van der Waals surface area contributed by atoms with Crippen molar-refractivity contribution in [2.75, 3.05) is 19.8 Å². The number of nitrogens with two attached hydrogens (primary N) is 1. The topological polar surface area (TPSA) is 122 Å². The van der Waals surface area contributed by atoms with Gasteiger partial charge in [-0.25, -0.2) is 9.65 Å². The summed E-state index contributed by atoms with van der Waals surface area (Å²) in [5.74, 6) is 0.182. The van der Waals surface area contributed by atoms with Crippen molar-refractivity contribution in [1.82, 2.24) is 5.09 Å². The van der Waals surface area contributed by atoms with Crippen molar-refractivity contribution in [2.24, 2.45) is 5.73 Å². The third-order valence-electron chi connectivity index (χ3n) is 6.33. The molecule has 4 aromatic rings. The number of hydrogen-bond acceptors (Lipinski definition) is 8. The Bertz CT molecular complexity index is 1510. The van der Waals surface area contributed by atoms with Crippen LogP contribution in [0.1, 0.15) is 43.0 Å². The highest BCUT2D eigenvalue weighted by atomic mass is 31.2. The van der Waals surface area contributed by atoms with E-state index < -0.39 is 7.75 Å². The quantitative estimate of drug-likeness (QED) is 0.120. The van der Waals surface area contributed by atoms with Crippen LogP contribution in [0.25, 0.3) is 22.1 Å². The van der Waals surface area contributed by atoms with Gasteiger partial charge in [-0.1, -0.05) is 30.3 Å². The van der Waals surface area contributed by atoms with E-state index in [-0.39, 0.29) is 38.8 Å². The summed E-state index contributed by atoms with van der Waals surface area (Å²) >= 11 is 0. The molecule has 0 saturated carbocycles. The second-order valence-electron chi connectivity index (χ2n) is 9.27. The van der Waals surface area contributed by atoms with Crippen molar-refractivity contribution in [3.05, 3.63) is 89.2 Å². The molecule has 0 fully saturated rings. The Morgan fingerprint density at radius 3 is 2.46 bits per heavy atom. The molecule has 10 heteroatoms. The molecule has 0 aliphatic heterocycles. The normalized spacial score (nSPS) is 11.6. The fourth-order valence-corrected chi connectivity index (χ4v) is 5.80. The molecule has 0 radical (unpaired) electrons. The van der Waals surface area contributed by atoms with Crippen LogP contribution in [0.4, 0.5) is 0 Å². The van der Waals surface area contributed by atoms with E-state index in [2.05, 4.69) is 11.2 Å². The lowest BCUT2D eigenvalue weighted by Crippen LogP contribution is -2.15. The molecule has 1 heterocycles. The van der Waals surface area contributed by atoms with Crippen molar-refractivity contribution >= 4 is 24.7 Å². The van der Waals surface area contributed by atoms with Crippen LogP contribution < -0.4 is 15.6 Å². The van der Waals surface area contributed by atoms with Gasteiger partial charge in [-0.2, -0.15) is 0 Å². The number of esters is 1. The lowest BCUT2D eigenvalue weighted by molar-refractivity contribution is -0.142. The predicted molar refractivity (Wildman–Crippen MR) is 158 cm³/mol. The van der Waals surface area contributed by atoms with E-state index in [9.17, 15) is 9.36 Å². The van der Waals surface area contributed by atoms with Gasteiger partial charge in [0.05, 0.1) is 32.5 Å². The molecule has 0 aliphatic rings. The fraction of sp³-hybridized carbons (Fsp3) is 0.323. The van der Waals surface area contributed by atoms with Gasteiger partial charge in [-0.3, -0.25) is 13.8 Å². The highest BCUT2D eigenvalue weighted by molar-refractivity contribution is 7.51. The Balaban J connectivity index is 1.61. The predicted octanol–water partition coefficient (Wildman–Crippen LogP) is 6.51. The second kappa shape index (κ2) is 14.4. The van der Waals surface area contributed by atoms with Gasteiger partial charge in [-0.15, -0.1) is 0 Å². The minimum Gasteiger partial charge on any atom is -0.489 e. The summed E-state index contributed by atoms with van der Waals surface area (Å²) in [6.07, 6.45) is 1.73. The summed E-state index contributed by atoms with van der Waals surface area (Å²) < 4.78 is 40.8. The molecule has 3 N–H and O–H groups in total. The zero-order valence-corrected chi connectivity index (χ0v) is 24.6. The Hall–Kier alpha value is -3.46. The zero-order chi connectivity index (χ0) is 29.2. The molecule has 0 unspecified atom stereocenters. The maximum atomic E-state index is 12.9. The van der Waals surface area contributed by atoms with Crippen LogP contribution >= 0.6 is 7.75 Å². The Kier molecular flexibility index (Phi) is 10.7. The van der Waals surface area contributed by atoms with Gasteiger partial charge in [0.25, 0.3) is 0 Å². The smallest absolute Gasteiger partial charge is 0.405 e. The second-order valence-corrected chi connectivity index (χ2v) is 11.1. The largest absolute Gasteiger partial charge is 0.489 e. The molecular formula is C31H37N2O7P. The van der Waals surface area contributed by atoms with Gasteiger partial charge >= 0.3 is 13.7 Å². The van der Waals surface area contributed by atoms with Crippen LogP contribution in [0.3, 0.4) is 0 Å². The Labute approximate surface area is 240 Å². The molecular weight excluding hydrogens is 543 g/mol. The highest BCUT2D eigenvalue weighted by Gasteiger charge is 2.23. The molecule has 0 amide bonds.